The molecule has 2 aromatic carbocycles. The van der Waals surface area contributed by atoms with Crippen LogP contribution in [0, 0.1) is 0 Å². The highest BCUT2D eigenvalue weighted by Gasteiger charge is 2.17. The summed E-state index contributed by atoms with van der Waals surface area (Å²) < 4.78 is 32.5. The van der Waals surface area contributed by atoms with Gasteiger partial charge in [-0.25, -0.2) is 18.1 Å². The van der Waals surface area contributed by atoms with Crippen LogP contribution >= 0.6 is 0 Å². The fraction of sp³-hybridized carbons (Fsp3) is 0.136. The SMILES string of the molecule is COc1ccc(S(=O)(=O)NCC(N)c2ccc(C(=O)Nc3ccnc4[nH]ncc34)cc2)cc1. The van der Waals surface area contributed by atoms with Crippen LogP contribution in [0.5, 0.6) is 5.75 Å². The third-order valence-electron chi connectivity index (χ3n) is 5.07. The molecule has 5 N–H and O–H groups in total. The zero-order valence-electron chi connectivity index (χ0n) is 17.6. The van der Waals surface area contributed by atoms with Crippen molar-refractivity contribution in [2.75, 3.05) is 19.0 Å². The Morgan fingerprint density at radius 1 is 1.12 bits per heavy atom. The minimum atomic E-state index is -3.72. The molecule has 4 rings (SSSR count). The van der Waals surface area contributed by atoms with Crippen LogP contribution in [0.25, 0.3) is 11.0 Å². The van der Waals surface area contributed by atoms with E-state index < -0.39 is 16.1 Å². The van der Waals surface area contributed by atoms with Crippen molar-refractivity contribution in [3.8, 4) is 5.75 Å². The molecule has 170 valence electrons. The summed E-state index contributed by atoms with van der Waals surface area (Å²) in [5.41, 5.74) is 8.44. The molecule has 1 unspecified atom stereocenters. The smallest absolute Gasteiger partial charge is 0.255 e. The molecule has 1 atom stereocenters. The topological polar surface area (TPSA) is 152 Å². The zero-order chi connectivity index (χ0) is 23.4. The van der Waals surface area contributed by atoms with Crippen LogP contribution in [0.15, 0.2) is 71.9 Å². The van der Waals surface area contributed by atoms with E-state index in [-0.39, 0.29) is 17.3 Å². The first-order valence-corrected chi connectivity index (χ1v) is 11.4. The fourth-order valence-electron chi connectivity index (χ4n) is 3.19. The van der Waals surface area contributed by atoms with Gasteiger partial charge >= 0.3 is 0 Å². The maximum absolute atomic E-state index is 12.6. The number of carbonyl (C=O) groups excluding carboxylic acids is 1. The molecule has 0 aliphatic carbocycles. The van der Waals surface area contributed by atoms with Crippen LogP contribution in [0.3, 0.4) is 0 Å². The highest BCUT2D eigenvalue weighted by Crippen LogP contribution is 2.21. The Bertz CT molecular complexity index is 1370. The van der Waals surface area contributed by atoms with Gasteiger partial charge in [-0.05, 0) is 48.0 Å². The minimum Gasteiger partial charge on any atom is -0.497 e. The molecule has 0 bridgehead atoms. The number of pyridine rings is 1. The average Bonchev–Trinajstić information content (AvgIpc) is 3.33. The number of carbonyl (C=O) groups is 1. The predicted octanol–water partition coefficient (Wildman–Crippen LogP) is 2.20. The van der Waals surface area contributed by atoms with E-state index in [1.54, 1.807) is 54.9 Å². The van der Waals surface area contributed by atoms with E-state index in [1.165, 1.54) is 19.2 Å². The molecule has 0 saturated heterocycles. The number of ether oxygens (including phenoxy) is 1. The lowest BCUT2D eigenvalue weighted by atomic mass is 10.1. The van der Waals surface area contributed by atoms with Gasteiger partial charge in [0.05, 0.1) is 29.3 Å². The summed E-state index contributed by atoms with van der Waals surface area (Å²) in [6, 6.07) is 13.8. The van der Waals surface area contributed by atoms with Crippen molar-refractivity contribution >= 4 is 32.7 Å². The first kappa shape index (κ1) is 22.4. The number of benzene rings is 2. The van der Waals surface area contributed by atoms with Gasteiger partial charge in [0.25, 0.3) is 5.91 Å². The van der Waals surface area contributed by atoms with E-state index in [4.69, 9.17) is 10.5 Å². The second kappa shape index (κ2) is 9.36. The molecular weight excluding hydrogens is 444 g/mol. The number of fused-ring (bicyclic) bond motifs is 1. The third kappa shape index (κ3) is 5.00. The van der Waals surface area contributed by atoms with Crippen LogP contribution in [0.4, 0.5) is 5.69 Å². The summed E-state index contributed by atoms with van der Waals surface area (Å²) in [5.74, 6) is 0.261. The molecule has 0 aliphatic heterocycles. The Hall–Kier alpha value is -3.80. The van der Waals surface area contributed by atoms with Crippen molar-refractivity contribution in [1.82, 2.24) is 19.9 Å². The highest BCUT2D eigenvalue weighted by molar-refractivity contribution is 7.89. The summed E-state index contributed by atoms with van der Waals surface area (Å²) in [4.78, 5) is 16.9. The number of nitrogens with two attached hydrogens (primary N) is 1. The van der Waals surface area contributed by atoms with E-state index in [9.17, 15) is 13.2 Å². The van der Waals surface area contributed by atoms with Crippen molar-refractivity contribution < 1.29 is 17.9 Å². The number of aromatic amines is 1. The van der Waals surface area contributed by atoms with Gasteiger partial charge in [0, 0.05) is 24.3 Å². The summed E-state index contributed by atoms with van der Waals surface area (Å²) >= 11 is 0. The van der Waals surface area contributed by atoms with Crippen LogP contribution in [-0.2, 0) is 10.0 Å². The summed E-state index contributed by atoms with van der Waals surface area (Å²) in [5, 5.41) is 10.2. The molecule has 0 aliphatic rings. The lowest BCUT2D eigenvalue weighted by molar-refractivity contribution is 0.102. The molecule has 4 aromatic rings. The van der Waals surface area contributed by atoms with Gasteiger partial charge < -0.3 is 15.8 Å². The quantitative estimate of drug-likeness (QED) is 0.311. The number of rotatable bonds is 8. The number of hydrogen-bond donors (Lipinski definition) is 4. The molecule has 2 heterocycles. The number of hydrogen-bond acceptors (Lipinski definition) is 7. The van der Waals surface area contributed by atoms with Crippen molar-refractivity contribution in [3.63, 3.8) is 0 Å². The third-order valence-corrected chi connectivity index (χ3v) is 6.51. The lowest BCUT2D eigenvalue weighted by Gasteiger charge is -2.14. The normalized spacial score (nSPS) is 12.4. The predicted molar refractivity (Wildman–Crippen MR) is 123 cm³/mol. The number of nitrogens with zero attached hydrogens (tertiary/aromatic N) is 2. The van der Waals surface area contributed by atoms with Gasteiger partial charge in [-0.3, -0.25) is 9.89 Å². The molecule has 0 radical (unpaired) electrons. The van der Waals surface area contributed by atoms with Gasteiger partial charge in [0.1, 0.15) is 5.75 Å². The summed E-state index contributed by atoms with van der Waals surface area (Å²) in [6.45, 7) is -0.00457. The number of nitrogens with one attached hydrogen (secondary N) is 3. The Kier molecular flexibility index (Phi) is 6.36. The molecule has 0 saturated carbocycles. The van der Waals surface area contributed by atoms with E-state index in [2.05, 4.69) is 25.2 Å². The average molecular weight is 467 g/mol. The monoisotopic (exact) mass is 466 g/mol. The Morgan fingerprint density at radius 3 is 2.55 bits per heavy atom. The van der Waals surface area contributed by atoms with Crippen molar-refractivity contribution in [2.45, 2.75) is 10.9 Å². The number of H-pyrrole nitrogens is 1. The lowest BCUT2D eigenvalue weighted by Crippen LogP contribution is -2.32. The van der Waals surface area contributed by atoms with Gasteiger partial charge in [-0.1, -0.05) is 12.1 Å². The standard InChI is InChI=1S/C22H22N6O4S/c1-32-16-6-8-17(9-7-16)33(30,31)26-13-19(23)14-2-4-15(5-3-14)22(29)27-20-10-11-24-21-18(20)12-25-28-21/h2-12,19,26H,13,23H2,1H3,(H2,24,25,27,28,29). The molecule has 1 amide bonds. The number of amides is 1. The number of anilines is 1. The van der Waals surface area contributed by atoms with Gasteiger partial charge in [-0.2, -0.15) is 5.10 Å². The van der Waals surface area contributed by atoms with Crippen LogP contribution in [0.2, 0.25) is 0 Å². The first-order valence-electron chi connectivity index (χ1n) is 9.96. The Morgan fingerprint density at radius 2 is 1.85 bits per heavy atom. The molecule has 10 nitrogen and oxygen atoms in total. The van der Waals surface area contributed by atoms with Crippen molar-refractivity contribution in [2.24, 2.45) is 5.73 Å². The van der Waals surface area contributed by atoms with E-state index in [0.717, 1.165) is 0 Å². The van der Waals surface area contributed by atoms with Crippen LogP contribution < -0.4 is 20.5 Å². The molecule has 33 heavy (non-hydrogen) atoms. The second-order valence-electron chi connectivity index (χ2n) is 7.20. The first-order chi connectivity index (χ1) is 15.9. The summed E-state index contributed by atoms with van der Waals surface area (Å²) in [6.07, 6.45) is 3.16. The number of aromatic nitrogens is 3. The molecule has 11 heteroatoms. The number of sulfonamides is 1. The van der Waals surface area contributed by atoms with Gasteiger partial charge in [-0.15, -0.1) is 0 Å². The molecular formula is C22H22N6O4S. The maximum Gasteiger partial charge on any atom is 0.255 e. The molecule has 0 fully saturated rings. The zero-order valence-corrected chi connectivity index (χ0v) is 18.5. The molecule has 0 spiro atoms. The van der Waals surface area contributed by atoms with E-state index in [1.807, 2.05) is 0 Å². The second-order valence-corrected chi connectivity index (χ2v) is 8.97. The molecule has 2 aromatic heterocycles. The van der Waals surface area contributed by atoms with Crippen molar-refractivity contribution in [3.05, 3.63) is 78.1 Å². The van der Waals surface area contributed by atoms with Gasteiger partial charge in [0.2, 0.25) is 10.0 Å². The van der Waals surface area contributed by atoms with E-state index >= 15 is 0 Å². The maximum atomic E-state index is 12.6. The van der Waals surface area contributed by atoms with E-state index in [0.29, 0.717) is 33.6 Å². The highest BCUT2D eigenvalue weighted by atomic mass is 32.2. The Labute approximate surface area is 190 Å². The largest absolute Gasteiger partial charge is 0.497 e. The van der Waals surface area contributed by atoms with Crippen LogP contribution in [0.1, 0.15) is 22.0 Å². The van der Waals surface area contributed by atoms with Crippen molar-refractivity contribution in [1.29, 1.82) is 0 Å². The summed E-state index contributed by atoms with van der Waals surface area (Å²) in [7, 11) is -2.21. The Balaban J connectivity index is 1.39. The van der Waals surface area contributed by atoms with Gasteiger partial charge in [0.15, 0.2) is 5.65 Å². The fourth-order valence-corrected chi connectivity index (χ4v) is 4.25. The minimum absolute atomic E-state index is 0.00457. The van der Waals surface area contributed by atoms with Crippen LogP contribution in [-0.4, -0.2) is 43.2 Å². The number of methoxy groups -OCH3 is 1.